The number of hydrogen-bond acceptors (Lipinski definition) is 7. The smallest absolute Gasteiger partial charge is 0.248 e. The van der Waals surface area contributed by atoms with Gasteiger partial charge in [-0.25, -0.2) is 15.0 Å². The van der Waals surface area contributed by atoms with Crippen molar-refractivity contribution in [2.75, 3.05) is 16.8 Å². The molecule has 5 rings (SSSR count). The lowest BCUT2D eigenvalue weighted by Gasteiger charge is -2.24. The lowest BCUT2D eigenvalue weighted by atomic mass is 10.2. The molecule has 1 N–H and O–H groups in total. The van der Waals surface area contributed by atoms with Crippen molar-refractivity contribution in [3.05, 3.63) is 41.0 Å². The monoisotopic (exact) mass is 415 g/mol. The second-order valence-electron chi connectivity index (χ2n) is 6.31. The molecule has 9 heteroatoms. The molecule has 1 unspecified atom stereocenters. The minimum Gasteiger partial charge on any atom is -0.344 e. The highest BCUT2D eigenvalue weighted by Gasteiger charge is 2.33. The maximum absolute atomic E-state index is 13.0. The molecule has 4 heterocycles. The van der Waals surface area contributed by atoms with E-state index >= 15 is 0 Å². The number of anilines is 2. The van der Waals surface area contributed by atoms with Gasteiger partial charge in [0.15, 0.2) is 5.13 Å². The first-order chi connectivity index (χ1) is 13.2. The fraction of sp³-hybridized carbons (Fsp3) is 0.222. The summed E-state index contributed by atoms with van der Waals surface area (Å²) >= 11 is 9.04. The van der Waals surface area contributed by atoms with Crippen LogP contribution in [-0.2, 0) is 4.79 Å². The van der Waals surface area contributed by atoms with Crippen LogP contribution >= 0.6 is 34.3 Å². The van der Waals surface area contributed by atoms with Crippen LogP contribution in [0.5, 0.6) is 0 Å². The number of aromatic nitrogens is 3. The van der Waals surface area contributed by atoms with E-state index in [9.17, 15) is 4.79 Å². The van der Waals surface area contributed by atoms with Crippen molar-refractivity contribution in [3.63, 3.8) is 0 Å². The average Bonchev–Trinajstić information content (AvgIpc) is 3.39. The van der Waals surface area contributed by atoms with Crippen LogP contribution in [0.1, 0.15) is 12.8 Å². The van der Waals surface area contributed by atoms with Gasteiger partial charge in [-0.05, 0) is 42.5 Å². The van der Waals surface area contributed by atoms with Crippen LogP contribution in [0.25, 0.3) is 20.4 Å². The number of thiazole rings is 1. The first-order valence-corrected chi connectivity index (χ1v) is 10.6. The van der Waals surface area contributed by atoms with E-state index in [1.54, 1.807) is 23.7 Å². The third-order valence-corrected chi connectivity index (χ3v) is 6.64. The van der Waals surface area contributed by atoms with Gasteiger partial charge < -0.3 is 10.2 Å². The molecule has 1 amide bonds. The fourth-order valence-corrected chi connectivity index (χ4v) is 5.31. The second kappa shape index (κ2) is 6.70. The zero-order chi connectivity index (χ0) is 18.4. The summed E-state index contributed by atoms with van der Waals surface area (Å²) in [6.07, 6.45) is 3.31. The minimum atomic E-state index is -0.265. The number of halogens is 1. The molecule has 1 aliphatic heterocycles. The average molecular weight is 416 g/mol. The van der Waals surface area contributed by atoms with Crippen LogP contribution in [0.15, 0.2) is 36.0 Å². The lowest BCUT2D eigenvalue weighted by molar-refractivity contribution is -0.117. The maximum atomic E-state index is 13.0. The number of carbonyl (C=O) groups is 1. The molecule has 136 valence electrons. The molecule has 1 aromatic carbocycles. The summed E-state index contributed by atoms with van der Waals surface area (Å²) in [6.45, 7) is 0.801. The molecule has 3 aromatic heterocycles. The molecule has 0 spiro atoms. The van der Waals surface area contributed by atoms with E-state index in [1.165, 1.54) is 11.3 Å². The Balaban J connectivity index is 1.42. The molecule has 0 aliphatic carbocycles. The molecule has 4 aromatic rings. The van der Waals surface area contributed by atoms with Gasteiger partial charge >= 0.3 is 0 Å². The SMILES string of the molecule is O=C(Nc1nc2ccc(Cl)cc2s1)C1CCCN1c1ncnc2sccc12. The van der Waals surface area contributed by atoms with Gasteiger partial charge in [-0.3, -0.25) is 4.79 Å². The van der Waals surface area contributed by atoms with Crippen molar-refractivity contribution in [2.24, 2.45) is 0 Å². The Morgan fingerprint density at radius 1 is 1.30 bits per heavy atom. The van der Waals surface area contributed by atoms with Gasteiger partial charge in [0, 0.05) is 11.6 Å². The molecule has 6 nitrogen and oxygen atoms in total. The molecular formula is C18H14ClN5OS2. The van der Waals surface area contributed by atoms with Gasteiger partial charge in [0.1, 0.15) is 23.0 Å². The molecule has 1 aliphatic rings. The number of nitrogens with one attached hydrogen (secondary N) is 1. The predicted molar refractivity (Wildman–Crippen MR) is 111 cm³/mol. The van der Waals surface area contributed by atoms with Crippen molar-refractivity contribution >= 4 is 71.6 Å². The number of nitrogens with zero attached hydrogens (tertiary/aromatic N) is 4. The zero-order valence-electron chi connectivity index (χ0n) is 14.1. The number of carbonyl (C=O) groups excluding carboxylic acids is 1. The summed E-state index contributed by atoms with van der Waals surface area (Å²) in [5.41, 5.74) is 0.832. The van der Waals surface area contributed by atoms with Crippen molar-refractivity contribution in [1.29, 1.82) is 0 Å². The quantitative estimate of drug-likeness (QED) is 0.531. The van der Waals surface area contributed by atoms with E-state index in [-0.39, 0.29) is 11.9 Å². The fourth-order valence-electron chi connectivity index (χ4n) is 3.44. The van der Waals surface area contributed by atoms with Crippen LogP contribution in [0.3, 0.4) is 0 Å². The summed E-state index contributed by atoms with van der Waals surface area (Å²) in [7, 11) is 0. The third-order valence-electron chi connectivity index (χ3n) is 4.65. The van der Waals surface area contributed by atoms with E-state index in [4.69, 9.17) is 11.6 Å². The topological polar surface area (TPSA) is 71.0 Å². The maximum Gasteiger partial charge on any atom is 0.248 e. The molecule has 1 saturated heterocycles. The van der Waals surface area contributed by atoms with Crippen molar-refractivity contribution < 1.29 is 4.79 Å². The van der Waals surface area contributed by atoms with Crippen molar-refractivity contribution in [2.45, 2.75) is 18.9 Å². The largest absolute Gasteiger partial charge is 0.344 e. The Labute approximate surface area is 167 Å². The van der Waals surface area contributed by atoms with E-state index < -0.39 is 0 Å². The standard InChI is InChI=1S/C18H14ClN5OS2/c19-10-3-4-12-14(8-10)27-18(22-12)23-16(25)13-2-1-6-24(13)15-11-5-7-26-17(11)21-9-20-15/h3-5,7-9,13H,1-2,6H2,(H,22,23,25). The van der Waals surface area contributed by atoms with Crippen LogP contribution < -0.4 is 10.2 Å². The van der Waals surface area contributed by atoms with Crippen LogP contribution in [0.4, 0.5) is 10.9 Å². The first-order valence-electron chi connectivity index (χ1n) is 8.51. The van der Waals surface area contributed by atoms with Crippen molar-refractivity contribution in [3.8, 4) is 0 Å². The highest BCUT2D eigenvalue weighted by atomic mass is 35.5. The molecule has 1 atom stereocenters. The van der Waals surface area contributed by atoms with Gasteiger partial charge in [0.2, 0.25) is 5.91 Å². The molecular weight excluding hydrogens is 402 g/mol. The molecule has 0 saturated carbocycles. The minimum absolute atomic E-state index is 0.0559. The van der Waals surface area contributed by atoms with Gasteiger partial charge in [0.25, 0.3) is 0 Å². The number of hydrogen-bond donors (Lipinski definition) is 1. The van der Waals surface area contributed by atoms with Gasteiger partial charge in [-0.15, -0.1) is 11.3 Å². The van der Waals surface area contributed by atoms with Crippen LogP contribution in [0, 0.1) is 0 Å². The highest BCUT2D eigenvalue weighted by molar-refractivity contribution is 7.22. The Hall–Kier alpha value is -2.29. The van der Waals surface area contributed by atoms with Gasteiger partial charge in [-0.1, -0.05) is 22.9 Å². The van der Waals surface area contributed by atoms with E-state index in [0.717, 1.165) is 45.6 Å². The Kier molecular flexibility index (Phi) is 4.18. The van der Waals surface area contributed by atoms with E-state index in [0.29, 0.717) is 10.2 Å². The summed E-state index contributed by atoms with van der Waals surface area (Å²) in [4.78, 5) is 29.2. The number of amides is 1. The van der Waals surface area contributed by atoms with Crippen LogP contribution in [-0.4, -0.2) is 33.4 Å². The zero-order valence-corrected chi connectivity index (χ0v) is 16.4. The van der Waals surface area contributed by atoms with E-state index in [2.05, 4.69) is 25.2 Å². The number of rotatable bonds is 3. The van der Waals surface area contributed by atoms with Gasteiger partial charge in [0.05, 0.1) is 15.6 Å². The summed E-state index contributed by atoms with van der Waals surface area (Å²) in [6, 6.07) is 7.27. The lowest BCUT2D eigenvalue weighted by Crippen LogP contribution is -2.40. The first kappa shape index (κ1) is 16.9. The second-order valence-corrected chi connectivity index (χ2v) is 8.67. The molecule has 0 radical (unpaired) electrons. The Bertz CT molecular complexity index is 1160. The summed E-state index contributed by atoms with van der Waals surface area (Å²) in [5.74, 6) is 0.773. The summed E-state index contributed by atoms with van der Waals surface area (Å²) < 4.78 is 0.955. The summed E-state index contributed by atoms with van der Waals surface area (Å²) in [5, 5.41) is 7.23. The molecule has 0 bridgehead atoms. The number of fused-ring (bicyclic) bond motifs is 2. The normalized spacial score (nSPS) is 17.1. The van der Waals surface area contributed by atoms with Crippen molar-refractivity contribution in [1.82, 2.24) is 15.0 Å². The van der Waals surface area contributed by atoms with Gasteiger partial charge in [-0.2, -0.15) is 0 Å². The number of thiophene rings is 1. The molecule has 27 heavy (non-hydrogen) atoms. The predicted octanol–water partition coefficient (Wildman–Crippen LogP) is 4.56. The number of benzene rings is 1. The Morgan fingerprint density at radius 2 is 2.22 bits per heavy atom. The highest BCUT2D eigenvalue weighted by Crippen LogP contribution is 2.33. The van der Waals surface area contributed by atoms with Crippen LogP contribution in [0.2, 0.25) is 5.02 Å². The Morgan fingerprint density at radius 3 is 3.15 bits per heavy atom. The molecule has 1 fully saturated rings. The third kappa shape index (κ3) is 3.03. The van der Waals surface area contributed by atoms with E-state index in [1.807, 2.05) is 23.6 Å².